The lowest BCUT2D eigenvalue weighted by Crippen LogP contribution is -2.53. The quantitative estimate of drug-likeness (QED) is 0.188. The molecular weight excluding hydrogens is 534 g/mol. The fourth-order valence-corrected chi connectivity index (χ4v) is 4.92. The first-order chi connectivity index (χ1) is 19.1. The number of primary amides is 1. The van der Waals surface area contributed by atoms with Crippen molar-refractivity contribution < 1.29 is 34.2 Å². The summed E-state index contributed by atoms with van der Waals surface area (Å²) in [5, 5.41) is 24.8. The lowest BCUT2D eigenvalue weighted by molar-refractivity contribution is -0.139. The van der Waals surface area contributed by atoms with Gasteiger partial charge in [-0.2, -0.15) is 0 Å². The molecule has 0 saturated carbocycles. The Kier molecular flexibility index (Phi) is 11.0. The van der Waals surface area contributed by atoms with Gasteiger partial charge < -0.3 is 26.6 Å². The van der Waals surface area contributed by atoms with Gasteiger partial charge in [0, 0.05) is 24.1 Å². The van der Waals surface area contributed by atoms with Crippen LogP contribution in [0.25, 0.3) is 21.6 Å². The van der Waals surface area contributed by atoms with Crippen molar-refractivity contribution in [2.45, 2.75) is 50.6 Å². The Hall–Kier alpha value is -4.51. The fraction of sp³-hybridized carbons (Fsp3) is 0.276. The van der Waals surface area contributed by atoms with E-state index in [2.05, 4.69) is 34.2 Å². The van der Waals surface area contributed by atoms with E-state index in [4.69, 9.17) is 15.9 Å². The molecule has 0 spiro atoms. The maximum Gasteiger partial charge on any atom is 0.303 e. The number of thiophene rings is 1. The van der Waals surface area contributed by atoms with E-state index in [1.807, 2.05) is 42.5 Å². The molecule has 40 heavy (non-hydrogen) atoms. The smallest absolute Gasteiger partial charge is 0.303 e. The first kappa shape index (κ1) is 30.0. The van der Waals surface area contributed by atoms with Crippen LogP contribution in [0.15, 0.2) is 66.0 Å². The molecule has 2 aromatic carbocycles. The second-order valence-electron chi connectivity index (χ2n) is 9.21. The lowest BCUT2D eigenvalue weighted by atomic mass is 10.0. The van der Waals surface area contributed by atoms with Crippen molar-refractivity contribution in [3.05, 3.63) is 71.6 Å². The molecule has 0 aliphatic rings. The number of benzene rings is 2. The number of carboxylic acids is 2. The Labute approximate surface area is 235 Å². The average Bonchev–Trinajstić information content (AvgIpc) is 3.43. The van der Waals surface area contributed by atoms with Gasteiger partial charge in [0.25, 0.3) is 0 Å². The van der Waals surface area contributed by atoms with Crippen LogP contribution in [0.1, 0.15) is 37.7 Å². The van der Waals surface area contributed by atoms with Crippen LogP contribution in [0.3, 0.4) is 0 Å². The summed E-state index contributed by atoms with van der Waals surface area (Å²) in [6, 6.07) is 17.6. The Morgan fingerprint density at radius 2 is 1.38 bits per heavy atom. The number of rotatable bonds is 15. The highest BCUT2D eigenvalue weighted by Gasteiger charge is 2.26. The number of nitrogens with two attached hydrogens (primary N) is 1. The summed E-state index contributed by atoms with van der Waals surface area (Å²) in [5.74, 6) is -4.54. The van der Waals surface area contributed by atoms with Crippen molar-refractivity contribution in [2.24, 2.45) is 5.73 Å². The number of carbonyl (C=O) groups is 5. The molecule has 0 aliphatic heterocycles. The van der Waals surface area contributed by atoms with Crippen LogP contribution >= 0.6 is 11.3 Å². The van der Waals surface area contributed by atoms with E-state index in [0.29, 0.717) is 6.42 Å². The van der Waals surface area contributed by atoms with Crippen molar-refractivity contribution >= 4 is 41.0 Å². The number of carbonyl (C=O) groups excluding carboxylic acids is 3. The van der Waals surface area contributed by atoms with Crippen molar-refractivity contribution in [1.29, 1.82) is 0 Å². The molecule has 0 saturated heterocycles. The molecular formula is C29H31N3O7S. The van der Waals surface area contributed by atoms with Crippen molar-refractivity contribution in [3.8, 4) is 21.6 Å². The number of aryl methyl sites for hydroxylation is 1. The molecule has 0 radical (unpaired) electrons. The SMILES string of the molecule is NC(=O)C(CCC(=O)O)NC(=O)[C@H](CCC(=O)O)NC(=O)CCc1ccc(-c2cc(-c3ccccc3)cs2)cc1. The Balaban J connectivity index is 1.57. The predicted octanol–water partition coefficient (Wildman–Crippen LogP) is 3.20. The molecule has 10 nitrogen and oxygen atoms in total. The standard InChI is InChI=1S/C29H31N3O7S/c30-28(38)22(11-14-26(34)35)32-29(39)23(12-15-27(36)37)31-25(33)13-8-18-6-9-20(10-7-18)24-16-21(17-40-24)19-4-2-1-3-5-19/h1-7,9-10,16-17,22-23H,8,11-15H2,(H2,30,38)(H,31,33)(H,32,39)(H,34,35)(H,36,37)/t22?,23-/m0/s1. The first-order valence-electron chi connectivity index (χ1n) is 12.7. The van der Waals surface area contributed by atoms with Crippen LogP contribution in [0.4, 0.5) is 0 Å². The summed E-state index contributed by atoms with van der Waals surface area (Å²) in [5.41, 5.74) is 9.51. The molecule has 210 valence electrons. The van der Waals surface area contributed by atoms with Crippen LogP contribution < -0.4 is 16.4 Å². The molecule has 2 atom stereocenters. The van der Waals surface area contributed by atoms with Gasteiger partial charge >= 0.3 is 11.9 Å². The van der Waals surface area contributed by atoms with Crippen molar-refractivity contribution in [2.75, 3.05) is 0 Å². The van der Waals surface area contributed by atoms with Crippen LogP contribution in [-0.4, -0.2) is 52.0 Å². The molecule has 1 heterocycles. The minimum atomic E-state index is -1.27. The highest BCUT2D eigenvalue weighted by Crippen LogP contribution is 2.32. The first-order valence-corrected chi connectivity index (χ1v) is 13.6. The summed E-state index contributed by atoms with van der Waals surface area (Å²) in [6.07, 6.45) is -0.805. The number of hydrogen-bond donors (Lipinski definition) is 5. The lowest BCUT2D eigenvalue weighted by Gasteiger charge is -2.21. The summed E-state index contributed by atoms with van der Waals surface area (Å²) in [4.78, 5) is 60.0. The van der Waals surface area contributed by atoms with E-state index in [1.165, 1.54) is 0 Å². The largest absolute Gasteiger partial charge is 0.481 e. The summed E-state index contributed by atoms with van der Waals surface area (Å²) >= 11 is 1.65. The normalized spacial score (nSPS) is 12.2. The van der Waals surface area contributed by atoms with E-state index in [1.54, 1.807) is 11.3 Å². The van der Waals surface area contributed by atoms with Crippen LogP contribution in [0, 0.1) is 0 Å². The third-order valence-corrected chi connectivity index (χ3v) is 7.17. The minimum absolute atomic E-state index is 0.0472. The second-order valence-corrected chi connectivity index (χ2v) is 10.1. The number of carboxylic acid groups (broad SMARTS) is 2. The van der Waals surface area contributed by atoms with Gasteiger partial charge in [-0.1, -0.05) is 54.6 Å². The summed E-state index contributed by atoms with van der Waals surface area (Å²) in [7, 11) is 0. The van der Waals surface area contributed by atoms with E-state index in [0.717, 1.165) is 27.1 Å². The molecule has 0 aliphatic carbocycles. The Bertz CT molecular complexity index is 1340. The molecule has 0 fully saturated rings. The summed E-state index contributed by atoms with van der Waals surface area (Å²) in [6.45, 7) is 0. The number of amides is 3. The average molecular weight is 566 g/mol. The van der Waals surface area contributed by atoms with E-state index in [-0.39, 0.29) is 19.3 Å². The molecule has 1 unspecified atom stereocenters. The third-order valence-electron chi connectivity index (χ3n) is 6.19. The zero-order valence-corrected chi connectivity index (χ0v) is 22.5. The predicted molar refractivity (Wildman–Crippen MR) is 150 cm³/mol. The maximum absolute atomic E-state index is 12.7. The number of nitrogens with one attached hydrogen (secondary N) is 2. The van der Waals surface area contributed by atoms with Gasteiger partial charge in [-0.25, -0.2) is 0 Å². The van der Waals surface area contributed by atoms with Crippen LogP contribution in [-0.2, 0) is 30.4 Å². The third kappa shape index (κ3) is 9.35. The highest BCUT2D eigenvalue weighted by molar-refractivity contribution is 7.14. The summed E-state index contributed by atoms with van der Waals surface area (Å²) < 4.78 is 0. The van der Waals surface area contributed by atoms with Crippen molar-refractivity contribution in [3.63, 3.8) is 0 Å². The van der Waals surface area contributed by atoms with Gasteiger partial charge in [0.05, 0.1) is 0 Å². The molecule has 0 bridgehead atoms. The molecule has 11 heteroatoms. The minimum Gasteiger partial charge on any atom is -0.481 e. The number of aliphatic carboxylic acids is 2. The van der Waals surface area contributed by atoms with Crippen LogP contribution in [0.2, 0.25) is 0 Å². The monoisotopic (exact) mass is 565 g/mol. The topological polar surface area (TPSA) is 176 Å². The van der Waals surface area contributed by atoms with Gasteiger partial charge in [-0.05, 0) is 53.0 Å². The van der Waals surface area contributed by atoms with E-state index in [9.17, 15) is 24.0 Å². The van der Waals surface area contributed by atoms with Crippen molar-refractivity contribution in [1.82, 2.24) is 10.6 Å². The molecule has 3 amide bonds. The Morgan fingerprint density at radius 1 is 0.750 bits per heavy atom. The molecule has 6 N–H and O–H groups in total. The Morgan fingerprint density at radius 3 is 1.98 bits per heavy atom. The molecule has 1 aromatic heterocycles. The van der Waals surface area contributed by atoms with Gasteiger partial charge in [-0.15, -0.1) is 11.3 Å². The molecule has 3 aromatic rings. The molecule has 3 rings (SSSR count). The highest BCUT2D eigenvalue weighted by atomic mass is 32.1. The van der Waals surface area contributed by atoms with E-state index >= 15 is 0 Å². The maximum atomic E-state index is 12.7. The van der Waals surface area contributed by atoms with E-state index < -0.39 is 54.6 Å². The fourth-order valence-electron chi connectivity index (χ4n) is 3.99. The number of hydrogen-bond acceptors (Lipinski definition) is 6. The zero-order valence-electron chi connectivity index (χ0n) is 21.7. The zero-order chi connectivity index (χ0) is 29.1. The van der Waals surface area contributed by atoms with Gasteiger partial charge in [-0.3, -0.25) is 24.0 Å². The van der Waals surface area contributed by atoms with Crippen LogP contribution in [0.5, 0.6) is 0 Å². The second kappa shape index (κ2) is 14.6. The van der Waals surface area contributed by atoms with Gasteiger partial charge in [0.1, 0.15) is 12.1 Å². The van der Waals surface area contributed by atoms with Gasteiger partial charge in [0.2, 0.25) is 17.7 Å². The van der Waals surface area contributed by atoms with Gasteiger partial charge in [0.15, 0.2) is 0 Å².